The summed E-state index contributed by atoms with van der Waals surface area (Å²) in [7, 11) is 0. The Kier molecular flexibility index (Phi) is 2.52. The fourth-order valence-corrected chi connectivity index (χ4v) is 1.64. The SMILES string of the molecule is CCn1nc(C)c(Br)c1Br. The van der Waals surface area contributed by atoms with Gasteiger partial charge in [0, 0.05) is 6.54 Å². The van der Waals surface area contributed by atoms with Crippen LogP contribution in [0.15, 0.2) is 9.08 Å². The molecule has 1 rings (SSSR count). The molecular formula is C6H8Br2N2. The smallest absolute Gasteiger partial charge is 0.118 e. The largest absolute Gasteiger partial charge is 0.257 e. The first-order valence-electron chi connectivity index (χ1n) is 3.05. The van der Waals surface area contributed by atoms with E-state index in [-0.39, 0.29) is 0 Å². The van der Waals surface area contributed by atoms with Gasteiger partial charge in [0.15, 0.2) is 0 Å². The number of rotatable bonds is 1. The lowest BCUT2D eigenvalue weighted by Gasteiger charge is -1.94. The zero-order chi connectivity index (χ0) is 7.72. The monoisotopic (exact) mass is 266 g/mol. The normalized spacial score (nSPS) is 10.4. The van der Waals surface area contributed by atoms with Crippen molar-refractivity contribution < 1.29 is 0 Å². The molecule has 1 heterocycles. The second kappa shape index (κ2) is 3.05. The van der Waals surface area contributed by atoms with Crippen LogP contribution in [0.1, 0.15) is 12.6 Å². The van der Waals surface area contributed by atoms with Crippen LogP contribution in [0, 0.1) is 6.92 Å². The second-order valence-corrected chi connectivity index (χ2v) is 3.55. The minimum atomic E-state index is 0.896. The highest BCUT2D eigenvalue weighted by Gasteiger charge is 2.07. The molecule has 0 saturated heterocycles. The van der Waals surface area contributed by atoms with Gasteiger partial charge in [0.1, 0.15) is 4.60 Å². The van der Waals surface area contributed by atoms with Crippen molar-refractivity contribution in [2.45, 2.75) is 20.4 Å². The van der Waals surface area contributed by atoms with Crippen molar-refractivity contribution in [3.8, 4) is 0 Å². The van der Waals surface area contributed by atoms with Gasteiger partial charge in [-0.3, -0.25) is 4.68 Å². The number of aromatic nitrogens is 2. The summed E-state index contributed by atoms with van der Waals surface area (Å²) in [5, 5.41) is 4.25. The molecule has 0 saturated carbocycles. The van der Waals surface area contributed by atoms with Crippen LogP contribution in [0.3, 0.4) is 0 Å². The molecule has 56 valence electrons. The van der Waals surface area contributed by atoms with Crippen LogP contribution in [0.5, 0.6) is 0 Å². The van der Waals surface area contributed by atoms with Crippen LogP contribution in [-0.2, 0) is 6.54 Å². The van der Waals surface area contributed by atoms with E-state index in [4.69, 9.17) is 0 Å². The maximum atomic E-state index is 4.25. The van der Waals surface area contributed by atoms with Gasteiger partial charge in [-0.15, -0.1) is 0 Å². The Morgan fingerprint density at radius 2 is 2.10 bits per heavy atom. The van der Waals surface area contributed by atoms with Crippen molar-refractivity contribution >= 4 is 31.9 Å². The van der Waals surface area contributed by atoms with E-state index in [1.165, 1.54) is 0 Å². The average Bonchev–Trinajstić information content (AvgIpc) is 2.17. The fraction of sp³-hybridized carbons (Fsp3) is 0.500. The van der Waals surface area contributed by atoms with Crippen LogP contribution >= 0.6 is 31.9 Å². The van der Waals surface area contributed by atoms with Gasteiger partial charge in [0.2, 0.25) is 0 Å². The number of halogens is 2. The van der Waals surface area contributed by atoms with Crippen molar-refractivity contribution in [2.24, 2.45) is 0 Å². The van der Waals surface area contributed by atoms with E-state index in [1.807, 2.05) is 11.6 Å². The van der Waals surface area contributed by atoms with Crippen molar-refractivity contribution in [2.75, 3.05) is 0 Å². The molecule has 1 aromatic rings. The Balaban J connectivity index is 3.17. The number of aryl methyl sites for hydroxylation is 2. The maximum absolute atomic E-state index is 4.25. The van der Waals surface area contributed by atoms with E-state index in [1.54, 1.807) is 0 Å². The van der Waals surface area contributed by atoms with Crippen LogP contribution in [-0.4, -0.2) is 9.78 Å². The van der Waals surface area contributed by atoms with Gasteiger partial charge in [0.25, 0.3) is 0 Å². The third-order valence-corrected chi connectivity index (χ3v) is 3.58. The van der Waals surface area contributed by atoms with Gasteiger partial charge < -0.3 is 0 Å². The number of hydrogen-bond donors (Lipinski definition) is 0. The highest BCUT2D eigenvalue weighted by Crippen LogP contribution is 2.25. The van der Waals surface area contributed by atoms with Crippen LogP contribution < -0.4 is 0 Å². The molecular weight excluding hydrogens is 260 g/mol. The summed E-state index contributed by atoms with van der Waals surface area (Å²) >= 11 is 6.83. The molecule has 10 heavy (non-hydrogen) atoms. The Morgan fingerprint density at radius 1 is 1.50 bits per heavy atom. The molecule has 0 unspecified atom stereocenters. The summed E-state index contributed by atoms with van der Waals surface area (Å²) in [4.78, 5) is 0. The van der Waals surface area contributed by atoms with Gasteiger partial charge >= 0.3 is 0 Å². The van der Waals surface area contributed by atoms with Crippen LogP contribution in [0.25, 0.3) is 0 Å². The van der Waals surface area contributed by atoms with Gasteiger partial charge in [-0.25, -0.2) is 0 Å². The minimum Gasteiger partial charge on any atom is -0.257 e. The Hall–Kier alpha value is 0.170. The molecule has 0 amide bonds. The summed E-state index contributed by atoms with van der Waals surface area (Å²) in [6.45, 7) is 4.93. The average molecular weight is 268 g/mol. The molecule has 0 atom stereocenters. The first kappa shape index (κ1) is 8.27. The highest BCUT2D eigenvalue weighted by atomic mass is 79.9. The first-order valence-corrected chi connectivity index (χ1v) is 4.63. The predicted molar refractivity (Wildman–Crippen MR) is 48.0 cm³/mol. The lowest BCUT2D eigenvalue weighted by molar-refractivity contribution is 0.639. The first-order chi connectivity index (χ1) is 4.66. The van der Waals surface area contributed by atoms with Crippen molar-refractivity contribution in [3.05, 3.63) is 14.8 Å². The van der Waals surface area contributed by atoms with Crippen molar-refractivity contribution in [1.82, 2.24) is 9.78 Å². The molecule has 0 aromatic carbocycles. The number of hydrogen-bond acceptors (Lipinski definition) is 1. The number of nitrogens with zero attached hydrogens (tertiary/aromatic N) is 2. The molecule has 0 N–H and O–H groups in total. The van der Waals surface area contributed by atoms with Gasteiger partial charge in [-0.1, -0.05) is 0 Å². The summed E-state index contributed by atoms with van der Waals surface area (Å²) < 4.78 is 3.97. The maximum Gasteiger partial charge on any atom is 0.118 e. The third kappa shape index (κ3) is 1.27. The van der Waals surface area contributed by atoms with Gasteiger partial charge in [-0.05, 0) is 45.7 Å². The molecule has 1 aromatic heterocycles. The Labute approximate surface area is 76.9 Å². The standard InChI is InChI=1S/C6H8Br2N2/c1-3-10-6(8)5(7)4(2)9-10/h3H2,1-2H3. The van der Waals surface area contributed by atoms with Gasteiger partial charge in [0.05, 0.1) is 10.2 Å². The van der Waals surface area contributed by atoms with Crippen LogP contribution in [0.2, 0.25) is 0 Å². The van der Waals surface area contributed by atoms with Crippen LogP contribution in [0.4, 0.5) is 0 Å². The molecule has 4 heteroatoms. The van der Waals surface area contributed by atoms with E-state index >= 15 is 0 Å². The summed E-state index contributed by atoms with van der Waals surface area (Å²) in [6, 6.07) is 0. The Morgan fingerprint density at radius 3 is 2.30 bits per heavy atom. The zero-order valence-electron chi connectivity index (χ0n) is 5.86. The zero-order valence-corrected chi connectivity index (χ0v) is 9.03. The Bertz CT molecular complexity index is 242. The van der Waals surface area contributed by atoms with Gasteiger partial charge in [-0.2, -0.15) is 5.10 Å². The molecule has 0 aliphatic carbocycles. The lowest BCUT2D eigenvalue weighted by atomic mass is 10.5. The topological polar surface area (TPSA) is 17.8 Å². The lowest BCUT2D eigenvalue weighted by Crippen LogP contribution is -1.95. The molecule has 0 aliphatic heterocycles. The summed E-state index contributed by atoms with van der Waals surface area (Å²) in [6.07, 6.45) is 0. The van der Waals surface area contributed by atoms with Crippen molar-refractivity contribution in [3.63, 3.8) is 0 Å². The molecule has 0 spiro atoms. The fourth-order valence-electron chi connectivity index (χ4n) is 0.741. The van der Waals surface area contributed by atoms with E-state index in [2.05, 4.69) is 43.9 Å². The summed E-state index contributed by atoms with van der Waals surface area (Å²) in [5.41, 5.74) is 1.02. The quantitative estimate of drug-likeness (QED) is 0.765. The van der Waals surface area contributed by atoms with E-state index in [0.29, 0.717) is 0 Å². The second-order valence-electron chi connectivity index (χ2n) is 2.01. The third-order valence-electron chi connectivity index (χ3n) is 1.30. The molecule has 0 aliphatic rings. The van der Waals surface area contributed by atoms with E-state index in [0.717, 1.165) is 21.3 Å². The molecule has 0 fully saturated rings. The molecule has 0 bridgehead atoms. The summed E-state index contributed by atoms with van der Waals surface area (Å²) in [5.74, 6) is 0. The van der Waals surface area contributed by atoms with E-state index in [9.17, 15) is 0 Å². The molecule has 2 nitrogen and oxygen atoms in total. The molecule has 0 radical (unpaired) electrons. The predicted octanol–water partition coefficient (Wildman–Crippen LogP) is 2.74. The minimum absolute atomic E-state index is 0.896. The highest BCUT2D eigenvalue weighted by molar-refractivity contribution is 9.13. The van der Waals surface area contributed by atoms with Crippen molar-refractivity contribution in [1.29, 1.82) is 0 Å². The van der Waals surface area contributed by atoms with E-state index < -0.39 is 0 Å².